The van der Waals surface area contributed by atoms with Gasteiger partial charge in [0, 0.05) is 11.4 Å². The van der Waals surface area contributed by atoms with Gasteiger partial charge in [-0.3, -0.25) is 9.36 Å². The Morgan fingerprint density at radius 2 is 1.71 bits per heavy atom. The smallest absolute Gasteiger partial charge is 0.266 e. The first-order valence-corrected chi connectivity index (χ1v) is 6.99. The molecule has 0 saturated heterocycles. The van der Waals surface area contributed by atoms with Gasteiger partial charge in [0.1, 0.15) is 5.82 Å². The van der Waals surface area contributed by atoms with E-state index in [1.165, 1.54) is 6.07 Å². The minimum absolute atomic E-state index is 0.144. The molecular formula is C18H16FNO. The van der Waals surface area contributed by atoms with Gasteiger partial charge in [-0.1, -0.05) is 44.2 Å². The quantitative estimate of drug-likeness (QED) is 0.688. The molecule has 0 amide bonds. The summed E-state index contributed by atoms with van der Waals surface area (Å²) in [6, 6.07) is 16.0. The van der Waals surface area contributed by atoms with Gasteiger partial charge < -0.3 is 0 Å². The van der Waals surface area contributed by atoms with Crippen LogP contribution in [0.15, 0.2) is 59.4 Å². The Morgan fingerprint density at radius 3 is 2.38 bits per heavy atom. The van der Waals surface area contributed by atoms with Crippen molar-refractivity contribution in [2.75, 3.05) is 0 Å². The molecule has 0 bridgehead atoms. The largest absolute Gasteiger partial charge is 0.280 e. The fraction of sp³-hybridized carbons (Fsp3) is 0.167. The molecule has 2 nitrogen and oxygen atoms in total. The average molecular weight is 281 g/mol. The maximum absolute atomic E-state index is 14.1. The monoisotopic (exact) mass is 281 g/mol. The highest BCUT2D eigenvalue weighted by atomic mass is 19.1. The van der Waals surface area contributed by atoms with Gasteiger partial charge in [-0.2, -0.15) is 0 Å². The number of fused-ring (bicyclic) bond motifs is 1. The highest BCUT2D eigenvalue weighted by molar-refractivity contribution is 5.83. The number of nitrogens with zero attached hydrogens (tertiary/aromatic N) is 1. The van der Waals surface area contributed by atoms with Gasteiger partial charge in [0.05, 0.1) is 5.39 Å². The molecule has 3 aromatic rings. The number of rotatable bonds is 2. The molecule has 2 aromatic carbocycles. The lowest BCUT2D eigenvalue weighted by Crippen LogP contribution is -2.23. The Balaban J connectivity index is 2.47. The lowest BCUT2D eigenvalue weighted by Gasteiger charge is -2.17. The van der Waals surface area contributed by atoms with Gasteiger partial charge >= 0.3 is 0 Å². The molecule has 0 fully saturated rings. The molecular weight excluding hydrogens is 265 g/mol. The Labute approximate surface area is 122 Å². The predicted octanol–water partition coefficient (Wildman–Crippen LogP) is 4.25. The molecule has 3 heteroatoms. The molecule has 1 heterocycles. The number of aromatic nitrogens is 1. The standard InChI is InChI=1S/C18H16FNO/c1-12(2)16-11-13-7-6-10-15(19)17(13)18(21)20(16)14-8-4-3-5-9-14/h3-12H,1-2H3. The summed E-state index contributed by atoms with van der Waals surface area (Å²) in [4.78, 5) is 12.8. The lowest BCUT2D eigenvalue weighted by atomic mass is 10.0. The Hall–Kier alpha value is -2.42. The molecule has 106 valence electrons. The number of hydrogen-bond acceptors (Lipinski definition) is 1. The molecule has 0 atom stereocenters. The molecule has 0 spiro atoms. The minimum atomic E-state index is -0.475. The maximum atomic E-state index is 14.1. The van der Waals surface area contributed by atoms with Crippen LogP contribution in [0, 0.1) is 5.82 Å². The van der Waals surface area contributed by atoms with E-state index >= 15 is 0 Å². The summed E-state index contributed by atoms with van der Waals surface area (Å²) in [6.45, 7) is 4.05. The van der Waals surface area contributed by atoms with Crippen molar-refractivity contribution in [3.05, 3.63) is 76.5 Å². The van der Waals surface area contributed by atoms with Crippen molar-refractivity contribution < 1.29 is 4.39 Å². The van der Waals surface area contributed by atoms with Gasteiger partial charge in [-0.25, -0.2) is 4.39 Å². The van der Waals surface area contributed by atoms with Gasteiger partial charge in [0.25, 0.3) is 5.56 Å². The zero-order chi connectivity index (χ0) is 15.0. The molecule has 1 aromatic heterocycles. The van der Waals surface area contributed by atoms with Crippen molar-refractivity contribution in [2.24, 2.45) is 0 Å². The van der Waals surface area contributed by atoms with Crippen molar-refractivity contribution in [3.63, 3.8) is 0 Å². The Bertz CT molecular complexity index is 850. The minimum Gasteiger partial charge on any atom is -0.280 e. The zero-order valence-electron chi connectivity index (χ0n) is 12.0. The number of para-hydroxylation sites is 1. The first-order valence-electron chi connectivity index (χ1n) is 6.99. The van der Waals surface area contributed by atoms with E-state index in [9.17, 15) is 9.18 Å². The van der Waals surface area contributed by atoms with Crippen LogP contribution in [0.4, 0.5) is 4.39 Å². The van der Waals surface area contributed by atoms with E-state index in [1.54, 1.807) is 16.7 Å². The number of pyridine rings is 1. The second-order valence-electron chi connectivity index (χ2n) is 5.40. The van der Waals surface area contributed by atoms with E-state index in [0.29, 0.717) is 5.39 Å². The second-order valence-corrected chi connectivity index (χ2v) is 5.40. The highest BCUT2D eigenvalue weighted by Gasteiger charge is 2.15. The fourth-order valence-electron chi connectivity index (χ4n) is 2.61. The van der Waals surface area contributed by atoms with Crippen LogP contribution in [0.1, 0.15) is 25.5 Å². The number of hydrogen-bond donors (Lipinski definition) is 0. The normalized spacial score (nSPS) is 11.2. The zero-order valence-corrected chi connectivity index (χ0v) is 12.0. The molecule has 0 saturated carbocycles. The molecule has 21 heavy (non-hydrogen) atoms. The van der Waals surface area contributed by atoms with Crippen molar-refractivity contribution in [1.29, 1.82) is 0 Å². The molecule has 0 N–H and O–H groups in total. The average Bonchev–Trinajstić information content (AvgIpc) is 2.47. The van der Waals surface area contributed by atoms with Gasteiger partial charge in [0.2, 0.25) is 0 Å². The summed E-state index contributed by atoms with van der Waals surface area (Å²) in [5, 5.41) is 0.793. The van der Waals surface area contributed by atoms with E-state index in [4.69, 9.17) is 0 Å². The van der Waals surface area contributed by atoms with Crippen LogP contribution in [0.5, 0.6) is 0 Å². The third-order valence-electron chi connectivity index (χ3n) is 3.63. The van der Waals surface area contributed by atoms with Crippen LogP contribution in [-0.2, 0) is 0 Å². The number of benzene rings is 2. The third kappa shape index (κ3) is 2.25. The van der Waals surface area contributed by atoms with E-state index < -0.39 is 5.82 Å². The SMILES string of the molecule is CC(C)c1cc2cccc(F)c2c(=O)n1-c1ccccc1. The van der Waals surface area contributed by atoms with E-state index in [-0.39, 0.29) is 16.9 Å². The molecule has 0 aliphatic rings. The van der Waals surface area contributed by atoms with E-state index in [2.05, 4.69) is 0 Å². The van der Waals surface area contributed by atoms with E-state index in [0.717, 1.165) is 11.4 Å². The second kappa shape index (κ2) is 5.17. The van der Waals surface area contributed by atoms with Gasteiger partial charge in [0.15, 0.2) is 0 Å². The maximum Gasteiger partial charge on any atom is 0.266 e. The third-order valence-corrected chi connectivity index (χ3v) is 3.63. The first kappa shape index (κ1) is 13.6. The summed E-state index contributed by atoms with van der Waals surface area (Å²) < 4.78 is 15.7. The summed E-state index contributed by atoms with van der Waals surface area (Å²) in [5.41, 5.74) is 1.33. The summed E-state index contributed by atoms with van der Waals surface area (Å²) in [5.74, 6) is -0.317. The highest BCUT2D eigenvalue weighted by Crippen LogP contribution is 2.23. The molecule has 0 radical (unpaired) electrons. The van der Waals surface area contributed by atoms with Crippen LogP contribution in [-0.4, -0.2) is 4.57 Å². The summed E-state index contributed by atoms with van der Waals surface area (Å²) in [7, 11) is 0. The van der Waals surface area contributed by atoms with Crippen LogP contribution in [0.25, 0.3) is 16.5 Å². The Kier molecular flexibility index (Phi) is 3.34. The van der Waals surface area contributed by atoms with Crippen molar-refractivity contribution in [2.45, 2.75) is 19.8 Å². The molecule has 3 rings (SSSR count). The lowest BCUT2D eigenvalue weighted by molar-refractivity contribution is 0.637. The van der Waals surface area contributed by atoms with Crippen LogP contribution >= 0.6 is 0 Å². The topological polar surface area (TPSA) is 22.0 Å². The van der Waals surface area contributed by atoms with Crippen LogP contribution < -0.4 is 5.56 Å². The first-order chi connectivity index (χ1) is 10.1. The molecule has 0 aliphatic carbocycles. The Morgan fingerprint density at radius 1 is 1.00 bits per heavy atom. The molecule has 0 aliphatic heterocycles. The van der Waals surface area contributed by atoms with Crippen LogP contribution in [0.2, 0.25) is 0 Å². The summed E-state index contributed by atoms with van der Waals surface area (Å²) >= 11 is 0. The molecule has 0 unspecified atom stereocenters. The van der Waals surface area contributed by atoms with Crippen molar-refractivity contribution >= 4 is 10.8 Å². The van der Waals surface area contributed by atoms with Crippen molar-refractivity contribution in [1.82, 2.24) is 4.57 Å². The van der Waals surface area contributed by atoms with Crippen LogP contribution in [0.3, 0.4) is 0 Å². The number of halogens is 1. The fourth-order valence-corrected chi connectivity index (χ4v) is 2.61. The van der Waals surface area contributed by atoms with E-state index in [1.807, 2.05) is 50.2 Å². The summed E-state index contributed by atoms with van der Waals surface area (Å²) in [6.07, 6.45) is 0. The van der Waals surface area contributed by atoms with Gasteiger partial charge in [-0.15, -0.1) is 0 Å². The predicted molar refractivity (Wildman–Crippen MR) is 83.6 cm³/mol. The van der Waals surface area contributed by atoms with Gasteiger partial charge in [-0.05, 0) is 35.6 Å². The van der Waals surface area contributed by atoms with Crippen molar-refractivity contribution in [3.8, 4) is 5.69 Å².